The third kappa shape index (κ3) is 3.32. The van der Waals surface area contributed by atoms with Crippen LogP contribution in [0.1, 0.15) is 20.3 Å². The van der Waals surface area contributed by atoms with Gasteiger partial charge in [-0.25, -0.2) is 0 Å². The van der Waals surface area contributed by atoms with E-state index in [4.69, 9.17) is 13.3 Å². The van der Waals surface area contributed by atoms with Gasteiger partial charge in [0.2, 0.25) is 0 Å². The summed E-state index contributed by atoms with van der Waals surface area (Å²) in [5.74, 6) is 0. The van der Waals surface area contributed by atoms with Crippen LogP contribution in [0.4, 0.5) is 0 Å². The van der Waals surface area contributed by atoms with Gasteiger partial charge >= 0.3 is 8.80 Å². The van der Waals surface area contributed by atoms with Crippen LogP contribution in [-0.4, -0.2) is 43.2 Å². The lowest BCUT2D eigenvalue weighted by Gasteiger charge is -2.31. The maximum absolute atomic E-state index is 5.44. The highest BCUT2D eigenvalue weighted by molar-refractivity contribution is 6.62. The smallest absolute Gasteiger partial charge is 0.377 e. The average Bonchev–Trinajstić information content (AvgIpc) is 2.25. The van der Waals surface area contributed by atoms with Gasteiger partial charge in [-0.2, -0.15) is 0 Å². The molecule has 0 heterocycles. The number of hydrogen-bond donors (Lipinski definition) is 1. The Bertz CT molecular complexity index is 134. The topological polar surface area (TPSA) is 39.7 Å². The van der Waals surface area contributed by atoms with Gasteiger partial charge < -0.3 is 18.6 Å². The molecule has 0 aliphatic rings. The Morgan fingerprint density at radius 3 is 1.86 bits per heavy atom. The molecule has 0 aliphatic carbocycles. The van der Waals surface area contributed by atoms with E-state index >= 15 is 0 Å². The molecule has 14 heavy (non-hydrogen) atoms. The molecule has 1 unspecified atom stereocenters. The van der Waals surface area contributed by atoms with Crippen molar-refractivity contribution >= 4 is 8.80 Å². The molecular weight excluding hydrogens is 198 g/mol. The molecule has 0 bridgehead atoms. The fourth-order valence-corrected chi connectivity index (χ4v) is 3.98. The first-order valence-corrected chi connectivity index (χ1v) is 6.87. The third-order valence-electron chi connectivity index (χ3n) is 2.49. The van der Waals surface area contributed by atoms with Gasteiger partial charge in [-0.1, -0.05) is 13.8 Å². The lowest BCUT2D eigenvalue weighted by Crippen LogP contribution is -2.50. The number of nitrogens with one attached hydrogen (secondary N) is 1. The van der Waals surface area contributed by atoms with Crippen LogP contribution in [0.25, 0.3) is 0 Å². The van der Waals surface area contributed by atoms with Crippen LogP contribution in [0.3, 0.4) is 0 Å². The molecule has 0 aromatic rings. The standard InChI is InChI=1S/C9H23NO3Si/c1-6-9(8-10-7-2)14(11-3,12-4)13-5/h9-10H,6-8H2,1-5H3. The van der Waals surface area contributed by atoms with Crippen molar-refractivity contribution in [3.8, 4) is 0 Å². The van der Waals surface area contributed by atoms with Crippen molar-refractivity contribution in [3.63, 3.8) is 0 Å². The fraction of sp³-hybridized carbons (Fsp3) is 1.00. The van der Waals surface area contributed by atoms with Crippen molar-refractivity contribution in [2.45, 2.75) is 25.8 Å². The Kier molecular flexibility index (Phi) is 7.39. The lowest BCUT2D eigenvalue weighted by molar-refractivity contribution is 0.110. The van der Waals surface area contributed by atoms with Gasteiger partial charge in [0.1, 0.15) is 0 Å². The van der Waals surface area contributed by atoms with Crippen molar-refractivity contribution in [2.24, 2.45) is 0 Å². The van der Waals surface area contributed by atoms with E-state index in [2.05, 4.69) is 19.2 Å². The van der Waals surface area contributed by atoms with Crippen LogP contribution >= 0.6 is 0 Å². The van der Waals surface area contributed by atoms with E-state index in [1.54, 1.807) is 21.3 Å². The highest BCUT2D eigenvalue weighted by Crippen LogP contribution is 2.26. The summed E-state index contributed by atoms with van der Waals surface area (Å²) in [6, 6.07) is 0. The maximum atomic E-state index is 5.44. The van der Waals surface area contributed by atoms with E-state index in [0.717, 1.165) is 19.5 Å². The van der Waals surface area contributed by atoms with E-state index in [1.807, 2.05) is 0 Å². The summed E-state index contributed by atoms with van der Waals surface area (Å²) in [7, 11) is 2.54. The molecule has 0 saturated carbocycles. The second-order valence-electron chi connectivity index (χ2n) is 3.13. The highest BCUT2D eigenvalue weighted by atomic mass is 28.4. The van der Waals surface area contributed by atoms with Gasteiger partial charge in [-0.3, -0.25) is 0 Å². The second kappa shape index (κ2) is 7.36. The average molecular weight is 221 g/mol. The first-order valence-electron chi connectivity index (χ1n) is 5.06. The van der Waals surface area contributed by atoms with Crippen LogP contribution in [0.5, 0.6) is 0 Å². The summed E-state index contributed by atoms with van der Waals surface area (Å²) in [4.78, 5) is 0. The molecular formula is C9H23NO3Si. The van der Waals surface area contributed by atoms with Crippen LogP contribution in [0, 0.1) is 0 Å². The van der Waals surface area contributed by atoms with Gasteiger partial charge in [-0.15, -0.1) is 0 Å². The molecule has 0 aromatic heterocycles. The molecule has 1 atom stereocenters. The van der Waals surface area contributed by atoms with Gasteiger partial charge in [-0.05, 0) is 13.0 Å². The molecule has 4 nitrogen and oxygen atoms in total. The van der Waals surface area contributed by atoms with Gasteiger partial charge in [0.05, 0.1) is 0 Å². The van der Waals surface area contributed by atoms with Gasteiger partial charge in [0, 0.05) is 33.4 Å². The SMILES string of the molecule is CCNCC(CC)[Si](OC)(OC)OC. The molecule has 0 spiro atoms. The molecule has 0 aromatic carbocycles. The summed E-state index contributed by atoms with van der Waals surface area (Å²) >= 11 is 0. The zero-order chi connectivity index (χ0) is 11.0. The summed E-state index contributed by atoms with van der Waals surface area (Å²) < 4.78 is 16.3. The molecule has 0 aliphatic heterocycles. The van der Waals surface area contributed by atoms with Crippen molar-refractivity contribution < 1.29 is 13.3 Å². The Balaban J connectivity index is 4.40. The first kappa shape index (κ1) is 14.1. The Hall–Kier alpha value is 0.0569. The van der Waals surface area contributed by atoms with Crippen LogP contribution in [0.15, 0.2) is 0 Å². The minimum Gasteiger partial charge on any atom is -0.377 e. The fourth-order valence-electron chi connectivity index (χ4n) is 1.59. The predicted octanol–water partition coefficient (Wildman–Crippen LogP) is 1.25. The van der Waals surface area contributed by atoms with E-state index in [9.17, 15) is 0 Å². The summed E-state index contributed by atoms with van der Waals surface area (Å²) in [6.07, 6.45) is 0.995. The zero-order valence-electron chi connectivity index (χ0n) is 9.92. The predicted molar refractivity (Wildman–Crippen MR) is 59.4 cm³/mol. The van der Waals surface area contributed by atoms with Crippen LogP contribution in [0.2, 0.25) is 5.54 Å². The second-order valence-corrected chi connectivity index (χ2v) is 6.38. The lowest BCUT2D eigenvalue weighted by atomic mass is 10.3. The number of hydrogen-bond acceptors (Lipinski definition) is 4. The molecule has 1 N–H and O–H groups in total. The van der Waals surface area contributed by atoms with E-state index in [0.29, 0.717) is 5.54 Å². The zero-order valence-corrected chi connectivity index (χ0v) is 10.9. The van der Waals surface area contributed by atoms with Crippen molar-refractivity contribution in [1.29, 1.82) is 0 Å². The minimum absolute atomic E-state index is 0.322. The minimum atomic E-state index is -2.45. The van der Waals surface area contributed by atoms with Gasteiger partial charge in [0.15, 0.2) is 0 Å². The molecule has 0 amide bonds. The number of rotatable bonds is 8. The first-order chi connectivity index (χ1) is 6.70. The molecule has 0 fully saturated rings. The summed E-state index contributed by atoms with van der Waals surface area (Å²) in [6.45, 7) is 6.05. The van der Waals surface area contributed by atoms with Crippen molar-refractivity contribution in [2.75, 3.05) is 34.4 Å². The molecule has 0 radical (unpaired) electrons. The quantitative estimate of drug-likeness (QED) is 0.626. The summed E-state index contributed by atoms with van der Waals surface area (Å²) in [5.41, 5.74) is 0.322. The van der Waals surface area contributed by atoms with E-state index < -0.39 is 8.80 Å². The molecule has 0 saturated heterocycles. The van der Waals surface area contributed by atoms with E-state index in [1.165, 1.54) is 0 Å². The monoisotopic (exact) mass is 221 g/mol. The Labute approximate surface area is 88.3 Å². The molecule has 86 valence electrons. The van der Waals surface area contributed by atoms with E-state index in [-0.39, 0.29) is 0 Å². The Morgan fingerprint density at radius 1 is 1.07 bits per heavy atom. The van der Waals surface area contributed by atoms with Crippen molar-refractivity contribution in [3.05, 3.63) is 0 Å². The maximum Gasteiger partial charge on any atom is 0.504 e. The molecule has 0 rings (SSSR count). The largest absolute Gasteiger partial charge is 0.504 e. The third-order valence-corrected chi connectivity index (χ3v) is 5.81. The van der Waals surface area contributed by atoms with Crippen molar-refractivity contribution in [1.82, 2.24) is 5.32 Å². The molecule has 5 heteroatoms. The van der Waals surface area contributed by atoms with Gasteiger partial charge in [0.25, 0.3) is 0 Å². The Morgan fingerprint density at radius 2 is 1.57 bits per heavy atom. The summed E-state index contributed by atoms with van der Waals surface area (Å²) in [5, 5.41) is 3.30. The van der Waals surface area contributed by atoms with Crippen LogP contribution in [-0.2, 0) is 13.3 Å². The highest BCUT2D eigenvalue weighted by Gasteiger charge is 2.45. The van der Waals surface area contributed by atoms with Crippen LogP contribution < -0.4 is 5.32 Å². The normalized spacial score (nSPS) is 14.4.